The third-order valence-electron chi connectivity index (χ3n) is 4.98. The van der Waals surface area contributed by atoms with E-state index >= 15 is 0 Å². The van der Waals surface area contributed by atoms with Gasteiger partial charge in [-0.25, -0.2) is 4.79 Å². The van der Waals surface area contributed by atoms with Crippen LogP contribution in [0.25, 0.3) is 0 Å². The van der Waals surface area contributed by atoms with E-state index in [0.717, 1.165) is 10.6 Å². The lowest BCUT2D eigenvalue weighted by atomic mass is 10.2. The number of benzene rings is 2. The van der Waals surface area contributed by atoms with Crippen LogP contribution in [0.5, 0.6) is 11.6 Å². The quantitative estimate of drug-likeness (QED) is 0.228. The van der Waals surface area contributed by atoms with Gasteiger partial charge in [-0.1, -0.05) is 29.8 Å². The second-order valence-corrected chi connectivity index (χ2v) is 8.15. The molecule has 0 amide bonds. The van der Waals surface area contributed by atoms with Crippen molar-refractivity contribution in [3.05, 3.63) is 105 Å². The molecule has 190 valence electrons. The molecule has 12 heteroatoms. The minimum absolute atomic E-state index is 0.0628. The first kappa shape index (κ1) is 25.8. The Bertz CT molecular complexity index is 1450. The van der Waals surface area contributed by atoms with Crippen LogP contribution in [0.15, 0.2) is 77.7 Å². The van der Waals surface area contributed by atoms with Crippen molar-refractivity contribution in [2.45, 2.75) is 13.2 Å². The van der Waals surface area contributed by atoms with Crippen LogP contribution in [0.1, 0.15) is 11.1 Å². The number of pyridine rings is 1. The van der Waals surface area contributed by atoms with Crippen molar-refractivity contribution >= 4 is 29.2 Å². The standard InChI is InChI=1S/C25H20ClFN4O6/c26-18-6-4-16(5-7-18)12-30-13-17(14-36-15-23(32)33)24(34)29-25(30)31(35)19-8-10-20(11-9-19)37-22-3-1-2-21(27)28-22/h1-11,13,35H,12,14-15H2,(H,32,33). The van der Waals surface area contributed by atoms with Crippen LogP contribution < -0.4 is 15.4 Å². The van der Waals surface area contributed by atoms with E-state index in [2.05, 4.69) is 9.97 Å². The number of carbonyl (C=O) groups is 1. The monoisotopic (exact) mass is 526 g/mol. The summed E-state index contributed by atoms with van der Waals surface area (Å²) < 4.78 is 25.4. The van der Waals surface area contributed by atoms with Crippen molar-refractivity contribution in [3.63, 3.8) is 0 Å². The molecule has 4 rings (SSSR count). The van der Waals surface area contributed by atoms with Gasteiger partial charge in [0.1, 0.15) is 12.4 Å². The summed E-state index contributed by atoms with van der Waals surface area (Å²) in [5.74, 6) is -1.55. The van der Waals surface area contributed by atoms with E-state index in [1.54, 1.807) is 24.3 Å². The van der Waals surface area contributed by atoms with Gasteiger partial charge in [-0.15, -0.1) is 0 Å². The van der Waals surface area contributed by atoms with Gasteiger partial charge in [0.05, 0.1) is 24.4 Å². The Labute approximate surface area is 214 Å². The molecule has 0 spiro atoms. The number of aromatic nitrogens is 3. The number of anilines is 2. The van der Waals surface area contributed by atoms with Crippen LogP contribution in [0.4, 0.5) is 16.0 Å². The smallest absolute Gasteiger partial charge is 0.329 e. The Hall–Kier alpha value is -4.32. The summed E-state index contributed by atoms with van der Waals surface area (Å²) in [7, 11) is 0. The van der Waals surface area contributed by atoms with Crippen LogP contribution in [0.3, 0.4) is 0 Å². The molecular weight excluding hydrogens is 507 g/mol. The molecule has 4 aromatic rings. The molecule has 2 aromatic carbocycles. The van der Waals surface area contributed by atoms with Crippen LogP contribution in [0, 0.1) is 5.95 Å². The molecule has 0 saturated heterocycles. The number of hydrogen-bond acceptors (Lipinski definition) is 8. The molecule has 10 nitrogen and oxygen atoms in total. The summed E-state index contributed by atoms with van der Waals surface area (Å²) >= 11 is 5.97. The molecule has 0 aliphatic rings. The maximum atomic E-state index is 13.3. The molecule has 37 heavy (non-hydrogen) atoms. The summed E-state index contributed by atoms with van der Waals surface area (Å²) in [6, 6.07) is 17.2. The Morgan fingerprint density at radius 1 is 1.05 bits per heavy atom. The highest BCUT2D eigenvalue weighted by Gasteiger charge is 2.17. The first-order chi connectivity index (χ1) is 17.8. The van der Waals surface area contributed by atoms with Crippen LogP contribution in [-0.2, 0) is 22.7 Å². The fourth-order valence-corrected chi connectivity index (χ4v) is 3.41. The molecule has 0 unspecified atom stereocenters. The van der Waals surface area contributed by atoms with Gasteiger partial charge in [0, 0.05) is 17.3 Å². The van der Waals surface area contributed by atoms with E-state index < -0.39 is 24.1 Å². The fraction of sp³-hybridized carbons (Fsp3) is 0.120. The van der Waals surface area contributed by atoms with Crippen molar-refractivity contribution in [3.8, 4) is 11.6 Å². The maximum absolute atomic E-state index is 13.3. The van der Waals surface area contributed by atoms with Crippen LogP contribution >= 0.6 is 11.6 Å². The van der Waals surface area contributed by atoms with E-state index in [0.29, 0.717) is 10.8 Å². The minimum Gasteiger partial charge on any atom is -0.480 e. The van der Waals surface area contributed by atoms with E-state index in [4.69, 9.17) is 26.2 Å². The first-order valence-corrected chi connectivity index (χ1v) is 11.2. The highest BCUT2D eigenvalue weighted by molar-refractivity contribution is 6.30. The number of hydrogen-bond donors (Lipinski definition) is 2. The van der Waals surface area contributed by atoms with Crippen molar-refractivity contribution in [1.29, 1.82) is 0 Å². The third-order valence-corrected chi connectivity index (χ3v) is 5.23. The molecule has 0 aliphatic heterocycles. The topological polar surface area (TPSA) is 127 Å². The Kier molecular flexibility index (Phi) is 8.08. The highest BCUT2D eigenvalue weighted by atomic mass is 35.5. The largest absolute Gasteiger partial charge is 0.480 e. The summed E-state index contributed by atoms with van der Waals surface area (Å²) in [5.41, 5.74) is 0.474. The third kappa shape index (κ3) is 6.88. The van der Waals surface area contributed by atoms with Crippen molar-refractivity contribution in [2.24, 2.45) is 0 Å². The van der Waals surface area contributed by atoms with Gasteiger partial charge in [-0.05, 0) is 48.0 Å². The van der Waals surface area contributed by atoms with Gasteiger partial charge in [-0.2, -0.15) is 19.4 Å². The zero-order chi connectivity index (χ0) is 26.4. The number of rotatable bonds is 10. The van der Waals surface area contributed by atoms with E-state index in [-0.39, 0.29) is 36.2 Å². The zero-order valence-electron chi connectivity index (χ0n) is 19.1. The van der Waals surface area contributed by atoms with Crippen LogP contribution in [-0.4, -0.2) is 37.4 Å². The average molecular weight is 527 g/mol. The van der Waals surface area contributed by atoms with Crippen molar-refractivity contribution in [2.75, 3.05) is 11.7 Å². The van der Waals surface area contributed by atoms with Gasteiger partial charge in [-0.3, -0.25) is 10.0 Å². The molecule has 2 heterocycles. The molecule has 2 aromatic heterocycles. The molecule has 2 N–H and O–H groups in total. The van der Waals surface area contributed by atoms with Gasteiger partial charge in [0.15, 0.2) is 0 Å². The second kappa shape index (κ2) is 11.6. The van der Waals surface area contributed by atoms with Gasteiger partial charge >= 0.3 is 5.97 Å². The molecule has 0 aliphatic carbocycles. The predicted molar refractivity (Wildman–Crippen MR) is 131 cm³/mol. The van der Waals surface area contributed by atoms with Gasteiger partial charge in [0.25, 0.3) is 5.56 Å². The van der Waals surface area contributed by atoms with E-state index in [1.807, 2.05) is 0 Å². The lowest BCUT2D eigenvalue weighted by molar-refractivity contribution is -0.142. The SMILES string of the molecule is O=C(O)COCc1cn(Cc2ccc(Cl)cc2)c(N(O)c2ccc(Oc3cccc(F)n3)cc2)nc1=O. The van der Waals surface area contributed by atoms with Gasteiger partial charge < -0.3 is 19.1 Å². The summed E-state index contributed by atoms with van der Waals surface area (Å²) in [4.78, 5) is 31.0. The highest BCUT2D eigenvalue weighted by Crippen LogP contribution is 2.27. The molecule has 0 bridgehead atoms. The van der Waals surface area contributed by atoms with E-state index in [9.17, 15) is 19.2 Å². The summed E-state index contributed by atoms with van der Waals surface area (Å²) in [5, 5.41) is 21.0. The second-order valence-electron chi connectivity index (χ2n) is 7.72. The Morgan fingerprint density at radius 3 is 2.46 bits per heavy atom. The zero-order valence-corrected chi connectivity index (χ0v) is 19.9. The molecular formula is C25H20ClFN4O6. The van der Waals surface area contributed by atoms with E-state index in [1.165, 1.54) is 53.2 Å². The number of carboxylic acids is 1. The van der Waals surface area contributed by atoms with Crippen LogP contribution in [0.2, 0.25) is 5.02 Å². The average Bonchev–Trinajstić information content (AvgIpc) is 2.87. The maximum Gasteiger partial charge on any atom is 0.329 e. The summed E-state index contributed by atoms with van der Waals surface area (Å²) in [6.45, 7) is -0.649. The number of halogens is 2. The number of carboxylic acid groups (broad SMARTS) is 1. The molecule has 0 saturated carbocycles. The fourth-order valence-electron chi connectivity index (χ4n) is 3.29. The Balaban J connectivity index is 1.62. The normalized spacial score (nSPS) is 10.8. The number of nitrogens with zero attached hydrogens (tertiary/aromatic N) is 4. The number of ether oxygens (including phenoxy) is 2. The lowest BCUT2D eigenvalue weighted by Gasteiger charge is -2.21. The number of aliphatic carboxylic acids is 1. The minimum atomic E-state index is -1.17. The van der Waals surface area contributed by atoms with Crippen molar-refractivity contribution in [1.82, 2.24) is 14.5 Å². The molecule has 0 fully saturated rings. The summed E-state index contributed by atoms with van der Waals surface area (Å²) in [6.07, 6.45) is 1.44. The van der Waals surface area contributed by atoms with Gasteiger partial charge in [0.2, 0.25) is 17.8 Å². The predicted octanol–water partition coefficient (Wildman–Crippen LogP) is 4.40. The first-order valence-electron chi connectivity index (χ1n) is 10.8. The molecule has 0 radical (unpaired) electrons. The molecule has 0 atom stereocenters. The van der Waals surface area contributed by atoms with Crippen molar-refractivity contribution < 1.29 is 29.0 Å². The Morgan fingerprint density at radius 2 is 1.78 bits per heavy atom. The lowest BCUT2D eigenvalue weighted by Crippen LogP contribution is -2.26.